The first-order chi connectivity index (χ1) is 11.9. The zero-order valence-electron chi connectivity index (χ0n) is 14.7. The van der Waals surface area contributed by atoms with Gasteiger partial charge in [-0.2, -0.15) is 0 Å². The summed E-state index contributed by atoms with van der Waals surface area (Å²) in [5.41, 5.74) is 3.71. The SMILES string of the molecule is CN(C)C(=O)c1cccc(S(=O)(=O)NCc2ccc3c(c2)CNC3)c1.Cl. The average molecular weight is 396 g/mol. The number of carbonyl (C=O) groups is 1. The number of halogens is 1. The number of fused-ring (bicyclic) bond motifs is 1. The molecule has 0 saturated heterocycles. The fourth-order valence-electron chi connectivity index (χ4n) is 2.77. The molecule has 0 aliphatic carbocycles. The molecule has 0 fully saturated rings. The van der Waals surface area contributed by atoms with E-state index in [-0.39, 0.29) is 29.8 Å². The number of carbonyl (C=O) groups excluding carboxylic acids is 1. The maximum absolute atomic E-state index is 12.5. The molecule has 1 heterocycles. The predicted octanol–water partition coefficient (Wildman–Crippen LogP) is 1.89. The van der Waals surface area contributed by atoms with Crippen LogP contribution in [0, 0.1) is 0 Å². The maximum atomic E-state index is 12.5. The van der Waals surface area contributed by atoms with E-state index in [0.29, 0.717) is 5.56 Å². The maximum Gasteiger partial charge on any atom is 0.253 e. The van der Waals surface area contributed by atoms with Gasteiger partial charge in [0.2, 0.25) is 10.0 Å². The van der Waals surface area contributed by atoms with Crippen molar-refractivity contribution in [2.24, 2.45) is 0 Å². The molecule has 2 aromatic carbocycles. The highest BCUT2D eigenvalue weighted by atomic mass is 35.5. The van der Waals surface area contributed by atoms with Crippen LogP contribution in [0.4, 0.5) is 0 Å². The lowest BCUT2D eigenvalue weighted by atomic mass is 10.1. The smallest absolute Gasteiger partial charge is 0.253 e. The van der Waals surface area contributed by atoms with Gasteiger partial charge in [-0.05, 0) is 34.9 Å². The molecule has 140 valence electrons. The minimum absolute atomic E-state index is 0. The summed E-state index contributed by atoms with van der Waals surface area (Å²) >= 11 is 0. The standard InChI is InChI=1S/C18H21N3O3S.ClH/c1-21(2)18(22)14-4-3-5-17(9-14)25(23,24)20-10-13-6-7-15-11-19-12-16(15)8-13;/h3-9,19-20H,10-12H2,1-2H3;1H. The third-order valence-electron chi connectivity index (χ3n) is 4.17. The Kier molecular flexibility index (Phi) is 6.41. The fourth-order valence-corrected chi connectivity index (χ4v) is 3.84. The summed E-state index contributed by atoms with van der Waals surface area (Å²) in [6.45, 7) is 1.88. The second-order valence-electron chi connectivity index (χ2n) is 6.26. The van der Waals surface area contributed by atoms with Crippen LogP contribution in [0.15, 0.2) is 47.4 Å². The molecule has 0 saturated carbocycles. The van der Waals surface area contributed by atoms with Gasteiger partial charge < -0.3 is 10.2 Å². The van der Waals surface area contributed by atoms with Gasteiger partial charge in [-0.15, -0.1) is 12.4 Å². The van der Waals surface area contributed by atoms with Gasteiger partial charge in [0, 0.05) is 39.3 Å². The molecule has 1 amide bonds. The van der Waals surface area contributed by atoms with Gasteiger partial charge in [0.1, 0.15) is 0 Å². The van der Waals surface area contributed by atoms with Crippen LogP contribution in [-0.2, 0) is 29.7 Å². The van der Waals surface area contributed by atoms with Gasteiger partial charge in [0.05, 0.1) is 4.90 Å². The highest BCUT2D eigenvalue weighted by Gasteiger charge is 2.17. The van der Waals surface area contributed by atoms with E-state index in [2.05, 4.69) is 10.0 Å². The molecule has 1 aliphatic rings. The lowest BCUT2D eigenvalue weighted by molar-refractivity contribution is 0.0827. The Balaban J connectivity index is 0.00000243. The van der Waals surface area contributed by atoms with E-state index < -0.39 is 10.0 Å². The number of hydrogen-bond acceptors (Lipinski definition) is 4. The van der Waals surface area contributed by atoms with E-state index in [1.807, 2.05) is 18.2 Å². The lowest BCUT2D eigenvalue weighted by Gasteiger charge is -2.12. The lowest BCUT2D eigenvalue weighted by Crippen LogP contribution is -2.25. The van der Waals surface area contributed by atoms with Gasteiger partial charge in [-0.1, -0.05) is 24.3 Å². The molecule has 0 unspecified atom stereocenters. The molecule has 0 aromatic heterocycles. The highest BCUT2D eigenvalue weighted by Crippen LogP contribution is 2.18. The fraction of sp³-hybridized carbons (Fsp3) is 0.278. The zero-order chi connectivity index (χ0) is 18.0. The summed E-state index contributed by atoms with van der Waals surface area (Å²) in [4.78, 5) is 13.5. The van der Waals surface area contributed by atoms with Crippen LogP contribution in [0.5, 0.6) is 0 Å². The third-order valence-corrected chi connectivity index (χ3v) is 5.56. The molecule has 3 rings (SSSR count). The van der Waals surface area contributed by atoms with Gasteiger partial charge in [0.25, 0.3) is 5.91 Å². The van der Waals surface area contributed by atoms with Crippen molar-refractivity contribution in [2.45, 2.75) is 24.5 Å². The van der Waals surface area contributed by atoms with Crippen LogP contribution in [0.3, 0.4) is 0 Å². The topological polar surface area (TPSA) is 78.5 Å². The first-order valence-electron chi connectivity index (χ1n) is 7.99. The Morgan fingerprint density at radius 2 is 1.85 bits per heavy atom. The second-order valence-corrected chi connectivity index (χ2v) is 8.03. The second kappa shape index (κ2) is 8.18. The Bertz CT molecular complexity index is 914. The molecule has 1 aliphatic heterocycles. The molecular formula is C18H22ClN3O3S. The minimum atomic E-state index is -3.69. The van der Waals surface area contributed by atoms with Crippen molar-refractivity contribution in [3.63, 3.8) is 0 Å². The van der Waals surface area contributed by atoms with Crippen molar-refractivity contribution in [2.75, 3.05) is 14.1 Å². The van der Waals surface area contributed by atoms with Crippen LogP contribution >= 0.6 is 12.4 Å². The van der Waals surface area contributed by atoms with Crippen LogP contribution < -0.4 is 10.0 Å². The molecular weight excluding hydrogens is 374 g/mol. The van der Waals surface area contributed by atoms with Crippen LogP contribution in [-0.4, -0.2) is 33.3 Å². The molecule has 0 bridgehead atoms. The van der Waals surface area contributed by atoms with E-state index in [9.17, 15) is 13.2 Å². The van der Waals surface area contributed by atoms with Gasteiger partial charge in [-0.3, -0.25) is 4.79 Å². The van der Waals surface area contributed by atoms with E-state index in [4.69, 9.17) is 0 Å². The predicted molar refractivity (Wildman–Crippen MR) is 103 cm³/mol. The van der Waals surface area contributed by atoms with Crippen LogP contribution in [0.2, 0.25) is 0 Å². The summed E-state index contributed by atoms with van der Waals surface area (Å²) in [7, 11) is -0.432. The summed E-state index contributed by atoms with van der Waals surface area (Å²) in [6.07, 6.45) is 0. The first kappa shape index (κ1) is 20.4. The third kappa shape index (κ3) is 4.42. The number of benzene rings is 2. The van der Waals surface area contributed by atoms with Crippen molar-refractivity contribution in [3.8, 4) is 0 Å². The van der Waals surface area contributed by atoms with Crippen molar-refractivity contribution in [1.82, 2.24) is 14.9 Å². The first-order valence-corrected chi connectivity index (χ1v) is 9.48. The number of hydrogen-bond donors (Lipinski definition) is 2. The van der Waals surface area contributed by atoms with E-state index in [1.54, 1.807) is 26.2 Å². The number of sulfonamides is 1. The largest absolute Gasteiger partial charge is 0.345 e. The summed E-state index contributed by atoms with van der Waals surface area (Å²) in [5, 5.41) is 3.26. The molecule has 0 atom stereocenters. The number of nitrogens with one attached hydrogen (secondary N) is 2. The Morgan fingerprint density at radius 3 is 2.58 bits per heavy atom. The molecule has 0 spiro atoms. The van der Waals surface area contributed by atoms with Crippen LogP contribution in [0.25, 0.3) is 0 Å². The summed E-state index contributed by atoms with van der Waals surface area (Å²) in [6, 6.07) is 12.0. The molecule has 6 nitrogen and oxygen atoms in total. The highest BCUT2D eigenvalue weighted by molar-refractivity contribution is 7.89. The Hall–Kier alpha value is -1.93. The van der Waals surface area contributed by atoms with Crippen LogP contribution in [0.1, 0.15) is 27.0 Å². The quantitative estimate of drug-likeness (QED) is 0.810. The van der Waals surface area contributed by atoms with Crippen molar-refractivity contribution in [1.29, 1.82) is 0 Å². The zero-order valence-corrected chi connectivity index (χ0v) is 16.3. The molecule has 0 radical (unpaired) electrons. The molecule has 2 N–H and O–H groups in total. The van der Waals surface area contributed by atoms with E-state index in [0.717, 1.165) is 18.7 Å². The Morgan fingerprint density at radius 1 is 1.12 bits per heavy atom. The van der Waals surface area contributed by atoms with E-state index >= 15 is 0 Å². The number of nitrogens with zero attached hydrogens (tertiary/aromatic N) is 1. The summed E-state index contributed by atoms with van der Waals surface area (Å²) < 4.78 is 27.7. The molecule has 2 aromatic rings. The molecule has 26 heavy (non-hydrogen) atoms. The van der Waals surface area contributed by atoms with Gasteiger partial charge in [-0.25, -0.2) is 13.1 Å². The average Bonchev–Trinajstić information content (AvgIpc) is 3.07. The normalized spacial score (nSPS) is 13.0. The van der Waals surface area contributed by atoms with E-state index in [1.165, 1.54) is 28.2 Å². The van der Waals surface area contributed by atoms with Crippen molar-refractivity contribution in [3.05, 3.63) is 64.7 Å². The minimum Gasteiger partial charge on any atom is -0.345 e. The van der Waals surface area contributed by atoms with Gasteiger partial charge in [0.15, 0.2) is 0 Å². The van der Waals surface area contributed by atoms with Crippen molar-refractivity contribution >= 4 is 28.3 Å². The van der Waals surface area contributed by atoms with Gasteiger partial charge >= 0.3 is 0 Å². The number of rotatable bonds is 5. The monoisotopic (exact) mass is 395 g/mol. The molecule has 8 heteroatoms. The summed E-state index contributed by atoms with van der Waals surface area (Å²) in [5.74, 6) is -0.233. The van der Waals surface area contributed by atoms with Crippen molar-refractivity contribution < 1.29 is 13.2 Å². The Labute approximate surface area is 160 Å². The number of amides is 1.